The van der Waals surface area contributed by atoms with E-state index in [2.05, 4.69) is 25.6 Å². The van der Waals surface area contributed by atoms with Gasteiger partial charge in [-0.05, 0) is 55.4 Å². The first kappa shape index (κ1) is 20.6. The van der Waals surface area contributed by atoms with Gasteiger partial charge in [-0.3, -0.25) is 14.4 Å². The molecule has 0 aromatic carbocycles. The number of anilines is 1. The van der Waals surface area contributed by atoms with E-state index in [1.165, 1.54) is 17.7 Å². The summed E-state index contributed by atoms with van der Waals surface area (Å²) >= 11 is 1.44. The number of aromatic nitrogens is 3. The molecule has 6 rings (SSSR count). The Kier molecular flexibility index (Phi) is 4.96. The molecule has 3 aliphatic rings. The number of thiophene rings is 1. The second-order valence-electron chi connectivity index (χ2n) is 8.88. The van der Waals surface area contributed by atoms with E-state index in [-0.39, 0.29) is 22.9 Å². The summed E-state index contributed by atoms with van der Waals surface area (Å²) < 4.78 is 0. The van der Waals surface area contributed by atoms with Crippen molar-refractivity contribution in [3.05, 3.63) is 40.6 Å². The SMILES string of the molecule is O=C(Nc1c[nH]c2c(C(=O)NCC34CCC(C(=O)O)(CC3)CC4)ncnc12)c1ccsc1. The van der Waals surface area contributed by atoms with Crippen LogP contribution in [0, 0.1) is 10.8 Å². The Labute approximate surface area is 187 Å². The zero-order chi connectivity index (χ0) is 22.3. The van der Waals surface area contributed by atoms with Crippen molar-refractivity contribution in [3.8, 4) is 0 Å². The molecular formula is C22H23N5O4S. The smallest absolute Gasteiger partial charge is 0.309 e. The summed E-state index contributed by atoms with van der Waals surface area (Å²) in [6, 6.07) is 1.74. The number of aromatic amines is 1. The number of rotatable bonds is 6. The highest BCUT2D eigenvalue weighted by molar-refractivity contribution is 7.08. The molecule has 3 aromatic rings. The number of fused-ring (bicyclic) bond motifs is 4. The van der Waals surface area contributed by atoms with Gasteiger partial charge in [0.25, 0.3) is 11.8 Å². The zero-order valence-electron chi connectivity index (χ0n) is 17.3. The minimum absolute atomic E-state index is 0.0472. The molecule has 0 atom stereocenters. The molecule has 3 heterocycles. The Morgan fingerprint density at radius 3 is 2.50 bits per heavy atom. The Hall–Kier alpha value is -3.27. The number of carbonyl (C=O) groups is 3. The number of hydrogen-bond acceptors (Lipinski definition) is 6. The minimum atomic E-state index is -0.688. The summed E-state index contributed by atoms with van der Waals surface area (Å²) in [6.07, 6.45) is 7.33. The molecule has 32 heavy (non-hydrogen) atoms. The summed E-state index contributed by atoms with van der Waals surface area (Å²) in [4.78, 5) is 48.4. The van der Waals surface area contributed by atoms with Crippen LogP contribution >= 0.6 is 11.3 Å². The van der Waals surface area contributed by atoms with Gasteiger partial charge in [-0.25, -0.2) is 9.97 Å². The third kappa shape index (κ3) is 3.44. The number of nitrogens with zero attached hydrogens (tertiary/aromatic N) is 2. The van der Waals surface area contributed by atoms with Gasteiger partial charge < -0.3 is 20.7 Å². The van der Waals surface area contributed by atoms with Crippen LogP contribution in [0.3, 0.4) is 0 Å². The highest BCUT2D eigenvalue weighted by Crippen LogP contribution is 2.56. The van der Waals surface area contributed by atoms with Gasteiger partial charge in [-0.2, -0.15) is 11.3 Å². The highest BCUT2D eigenvalue weighted by atomic mass is 32.1. The number of carboxylic acid groups (broad SMARTS) is 1. The summed E-state index contributed by atoms with van der Waals surface area (Å²) in [5.74, 6) is -1.25. The molecule has 0 saturated heterocycles. The molecule has 2 amide bonds. The first-order valence-corrected chi connectivity index (χ1v) is 11.5. The molecule has 9 nitrogen and oxygen atoms in total. The summed E-state index contributed by atoms with van der Waals surface area (Å²) in [7, 11) is 0. The van der Waals surface area contributed by atoms with E-state index in [1.807, 2.05) is 5.38 Å². The summed E-state index contributed by atoms with van der Waals surface area (Å²) in [5.41, 5.74) is 1.56. The van der Waals surface area contributed by atoms with E-state index >= 15 is 0 Å². The lowest BCUT2D eigenvalue weighted by Gasteiger charge is -2.51. The lowest BCUT2D eigenvalue weighted by Crippen LogP contribution is -2.50. The third-order valence-electron chi connectivity index (χ3n) is 7.19. The van der Waals surface area contributed by atoms with Gasteiger partial charge in [0.05, 0.1) is 22.2 Å². The topological polar surface area (TPSA) is 137 Å². The average molecular weight is 454 g/mol. The average Bonchev–Trinajstić information content (AvgIpc) is 3.49. The number of hydrogen-bond donors (Lipinski definition) is 4. The number of aliphatic carboxylic acids is 1. The Morgan fingerprint density at radius 2 is 1.84 bits per heavy atom. The predicted octanol–water partition coefficient (Wildman–Crippen LogP) is 3.43. The first-order valence-electron chi connectivity index (χ1n) is 10.6. The maximum absolute atomic E-state index is 13.0. The van der Waals surface area contributed by atoms with Gasteiger partial charge in [0.15, 0.2) is 5.69 Å². The molecule has 3 saturated carbocycles. The van der Waals surface area contributed by atoms with Crippen LogP contribution in [0.4, 0.5) is 5.69 Å². The van der Waals surface area contributed by atoms with E-state index in [0.717, 1.165) is 19.3 Å². The van der Waals surface area contributed by atoms with Crippen molar-refractivity contribution in [1.82, 2.24) is 20.3 Å². The zero-order valence-corrected chi connectivity index (χ0v) is 18.1. The van der Waals surface area contributed by atoms with Gasteiger partial charge in [0.2, 0.25) is 0 Å². The van der Waals surface area contributed by atoms with E-state index in [0.29, 0.717) is 48.1 Å². The van der Waals surface area contributed by atoms with Crippen LogP contribution in [-0.4, -0.2) is 44.4 Å². The first-order chi connectivity index (χ1) is 15.4. The molecule has 166 valence electrons. The maximum Gasteiger partial charge on any atom is 0.309 e. The Morgan fingerprint density at radius 1 is 1.09 bits per heavy atom. The van der Waals surface area contributed by atoms with Crippen LogP contribution in [-0.2, 0) is 4.79 Å². The Balaban J connectivity index is 1.29. The third-order valence-corrected chi connectivity index (χ3v) is 7.87. The Bertz CT molecular complexity index is 1180. The number of carboxylic acids is 1. The van der Waals surface area contributed by atoms with E-state index in [1.54, 1.807) is 17.6 Å². The fourth-order valence-electron chi connectivity index (χ4n) is 5.00. The van der Waals surface area contributed by atoms with E-state index < -0.39 is 11.4 Å². The van der Waals surface area contributed by atoms with Crippen LogP contribution in [0.15, 0.2) is 29.4 Å². The van der Waals surface area contributed by atoms with Gasteiger partial charge in [0.1, 0.15) is 11.8 Å². The van der Waals surface area contributed by atoms with Gasteiger partial charge in [-0.15, -0.1) is 0 Å². The summed E-state index contributed by atoms with van der Waals surface area (Å²) in [5, 5.41) is 19.0. The largest absolute Gasteiger partial charge is 0.481 e. The monoisotopic (exact) mass is 453 g/mol. The normalized spacial score (nSPS) is 24.4. The van der Waals surface area contributed by atoms with Crippen molar-refractivity contribution in [3.63, 3.8) is 0 Å². The molecule has 3 aliphatic carbocycles. The van der Waals surface area contributed by atoms with Crippen LogP contribution in [0.25, 0.3) is 11.0 Å². The second kappa shape index (κ2) is 7.70. The molecule has 2 bridgehead atoms. The lowest BCUT2D eigenvalue weighted by molar-refractivity contribution is -0.158. The molecule has 0 unspecified atom stereocenters. The quantitative estimate of drug-likeness (QED) is 0.451. The van der Waals surface area contributed by atoms with Gasteiger partial charge in [0, 0.05) is 18.1 Å². The van der Waals surface area contributed by atoms with Crippen molar-refractivity contribution in [2.24, 2.45) is 10.8 Å². The molecule has 0 aliphatic heterocycles. The van der Waals surface area contributed by atoms with Crippen molar-refractivity contribution < 1.29 is 19.5 Å². The van der Waals surface area contributed by atoms with E-state index in [9.17, 15) is 19.5 Å². The van der Waals surface area contributed by atoms with Crippen LogP contribution in [0.5, 0.6) is 0 Å². The predicted molar refractivity (Wildman–Crippen MR) is 119 cm³/mol. The van der Waals surface area contributed by atoms with Crippen LogP contribution in [0.2, 0.25) is 0 Å². The van der Waals surface area contributed by atoms with Gasteiger partial charge >= 0.3 is 5.97 Å². The number of carbonyl (C=O) groups excluding carboxylic acids is 2. The molecule has 3 aromatic heterocycles. The molecule has 0 spiro atoms. The standard InChI is InChI=1S/C22H23N5O4S/c28-18(13-1-8-32-10-13)27-14-9-23-16-15(14)25-12-26-17(16)19(29)24-11-21-2-5-22(6-3-21,7-4-21)20(30)31/h1,8-10,12,23H,2-7,11H2,(H,24,29)(H,27,28)(H,30,31). The molecule has 0 radical (unpaired) electrons. The number of H-pyrrole nitrogens is 1. The number of amides is 2. The van der Waals surface area contributed by atoms with Gasteiger partial charge in [-0.1, -0.05) is 0 Å². The summed E-state index contributed by atoms with van der Waals surface area (Å²) in [6.45, 7) is 0.496. The fourth-order valence-corrected chi connectivity index (χ4v) is 5.63. The molecule has 4 N–H and O–H groups in total. The molecule has 3 fully saturated rings. The second-order valence-corrected chi connectivity index (χ2v) is 9.66. The van der Waals surface area contributed by atoms with E-state index in [4.69, 9.17) is 0 Å². The maximum atomic E-state index is 13.0. The van der Waals surface area contributed by atoms with Crippen molar-refractivity contribution >= 4 is 45.8 Å². The van der Waals surface area contributed by atoms with Crippen molar-refractivity contribution in [2.75, 3.05) is 11.9 Å². The minimum Gasteiger partial charge on any atom is -0.481 e. The van der Waals surface area contributed by atoms with Crippen LogP contribution in [0.1, 0.15) is 59.4 Å². The molecule has 10 heteroatoms. The number of nitrogens with one attached hydrogen (secondary N) is 3. The molecular weight excluding hydrogens is 430 g/mol. The van der Waals surface area contributed by atoms with Crippen LogP contribution < -0.4 is 10.6 Å². The fraction of sp³-hybridized carbons (Fsp3) is 0.409. The van der Waals surface area contributed by atoms with Crippen molar-refractivity contribution in [1.29, 1.82) is 0 Å². The lowest BCUT2D eigenvalue weighted by atomic mass is 9.53. The van der Waals surface area contributed by atoms with Crippen molar-refractivity contribution in [2.45, 2.75) is 38.5 Å². The highest BCUT2D eigenvalue weighted by Gasteiger charge is 2.52.